The topological polar surface area (TPSA) is 61.9 Å². The van der Waals surface area contributed by atoms with E-state index in [9.17, 15) is 0 Å². The zero-order valence-electron chi connectivity index (χ0n) is 6.85. The molecule has 3 nitrogen and oxygen atoms in total. The van der Waals surface area contributed by atoms with Crippen molar-refractivity contribution in [3.8, 4) is 0 Å². The van der Waals surface area contributed by atoms with Crippen LogP contribution in [0.3, 0.4) is 0 Å². The first-order chi connectivity index (χ1) is 5.27. The summed E-state index contributed by atoms with van der Waals surface area (Å²) < 4.78 is 0. The maximum Gasteiger partial charge on any atom is 0.101 e. The van der Waals surface area contributed by atoms with Crippen molar-refractivity contribution in [3.63, 3.8) is 0 Å². The van der Waals surface area contributed by atoms with Crippen molar-refractivity contribution in [1.82, 2.24) is 5.32 Å². The summed E-state index contributed by atoms with van der Waals surface area (Å²) in [7, 11) is 0. The summed E-state index contributed by atoms with van der Waals surface area (Å²) in [6.07, 6.45) is 4.59. The van der Waals surface area contributed by atoms with Crippen LogP contribution in [0.15, 0.2) is 11.4 Å². The Morgan fingerprint density at radius 2 is 2.36 bits per heavy atom. The molecule has 11 heavy (non-hydrogen) atoms. The highest BCUT2D eigenvalue weighted by molar-refractivity contribution is 5.76. The number of hydrogen-bond acceptors (Lipinski definition) is 3. The number of nitrogens with two attached hydrogens (primary N) is 1. The van der Waals surface area contributed by atoms with Crippen molar-refractivity contribution in [2.75, 3.05) is 0 Å². The van der Waals surface area contributed by atoms with E-state index in [1.807, 2.05) is 6.92 Å². The molecule has 0 aliphatic heterocycles. The molecule has 0 radical (unpaired) electrons. The number of hydrogen-bond donors (Lipinski definition) is 3. The largest absolute Gasteiger partial charge is 0.385 e. The average Bonchev–Trinajstić information content (AvgIpc) is 2.74. The molecule has 0 heterocycles. The normalized spacial score (nSPS) is 19.0. The molecule has 1 aliphatic rings. The lowest BCUT2D eigenvalue weighted by atomic mass is 10.2. The molecular weight excluding hydrogens is 138 g/mol. The quantitative estimate of drug-likeness (QED) is 0.527. The molecular formula is C8H15N3. The SMILES string of the molecule is CC/C(C=N)=C(/N)NC1CC1. The highest BCUT2D eigenvalue weighted by Gasteiger charge is 2.21. The minimum atomic E-state index is 0.580. The number of nitrogens with one attached hydrogen (secondary N) is 2. The van der Waals surface area contributed by atoms with Crippen molar-refractivity contribution < 1.29 is 0 Å². The highest BCUT2D eigenvalue weighted by atomic mass is 15.0. The van der Waals surface area contributed by atoms with Crippen molar-refractivity contribution in [2.24, 2.45) is 5.73 Å². The van der Waals surface area contributed by atoms with Gasteiger partial charge in [-0.1, -0.05) is 6.92 Å². The molecule has 0 bridgehead atoms. The molecule has 0 aromatic rings. The summed E-state index contributed by atoms with van der Waals surface area (Å²) in [6.45, 7) is 2.00. The number of allylic oxidation sites excluding steroid dienone is 1. The smallest absolute Gasteiger partial charge is 0.101 e. The van der Waals surface area contributed by atoms with Crippen LogP contribution in [0.5, 0.6) is 0 Å². The van der Waals surface area contributed by atoms with E-state index >= 15 is 0 Å². The lowest BCUT2D eigenvalue weighted by Gasteiger charge is -2.07. The lowest BCUT2D eigenvalue weighted by molar-refractivity contribution is 0.780. The summed E-state index contributed by atoms with van der Waals surface area (Å²) in [5.74, 6) is 0.685. The van der Waals surface area contributed by atoms with Gasteiger partial charge in [-0.2, -0.15) is 0 Å². The molecule has 0 spiro atoms. The predicted octanol–water partition coefficient (Wildman–Crippen LogP) is 0.968. The Labute approximate surface area is 67.2 Å². The average molecular weight is 153 g/mol. The molecule has 0 amide bonds. The van der Waals surface area contributed by atoms with Crippen LogP contribution in [-0.4, -0.2) is 12.3 Å². The Kier molecular flexibility index (Phi) is 2.52. The van der Waals surface area contributed by atoms with E-state index in [0.717, 1.165) is 12.0 Å². The van der Waals surface area contributed by atoms with Crippen LogP contribution in [0.4, 0.5) is 0 Å². The van der Waals surface area contributed by atoms with Crippen LogP contribution >= 0.6 is 0 Å². The molecule has 1 aliphatic carbocycles. The molecule has 1 rings (SSSR count). The second-order valence-corrected chi connectivity index (χ2v) is 2.86. The molecule has 0 atom stereocenters. The van der Waals surface area contributed by atoms with E-state index in [2.05, 4.69) is 5.32 Å². The van der Waals surface area contributed by atoms with E-state index in [-0.39, 0.29) is 0 Å². The van der Waals surface area contributed by atoms with Crippen LogP contribution in [-0.2, 0) is 0 Å². The van der Waals surface area contributed by atoms with Crippen LogP contribution in [0.2, 0.25) is 0 Å². The summed E-state index contributed by atoms with van der Waals surface area (Å²) in [4.78, 5) is 0. The molecule has 3 heteroatoms. The Bertz CT molecular complexity index is 180. The third-order valence-electron chi connectivity index (χ3n) is 1.84. The Balaban J connectivity index is 2.49. The fourth-order valence-corrected chi connectivity index (χ4v) is 0.911. The number of rotatable bonds is 4. The molecule has 0 unspecified atom stereocenters. The standard InChI is InChI=1S/C8H15N3/c1-2-6(5-9)8(10)11-7-3-4-7/h5,7,9,11H,2-4,10H2,1H3/b8-6+,9-5?. The van der Waals surface area contributed by atoms with Crippen LogP contribution in [0, 0.1) is 5.41 Å². The van der Waals surface area contributed by atoms with Gasteiger partial charge in [-0.05, 0) is 19.3 Å². The Hall–Kier alpha value is -0.990. The third kappa shape index (κ3) is 2.26. The highest BCUT2D eigenvalue weighted by Crippen LogP contribution is 2.19. The van der Waals surface area contributed by atoms with Gasteiger partial charge in [0.15, 0.2) is 0 Å². The summed E-state index contributed by atoms with van der Waals surface area (Å²) >= 11 is 0. The van der Waals surface area contributed by atoms with Crippen LogP contribution in [0.1, 0.15) is 26.2 Å². The van der Waals surface area contributed by atoms with Gasteiger partial charge in [0.25, 0.3) is 0 Å². The maximum absolute atomic E-state index is 7.05. The van der Waals surface area contributed by atoms with Gasteiger partial charge >= 0.3 is 0 Å². The second-order valence-electron chi connectivity index (χ2n) is 2.86. The van der Waals surface area contributed by atoms with Crippen LogP contribution in [0.25, 0.3) is 0 Å². The van der Waals surface area contributed by atoms with Gasteiger partial charge < -0.3 is 16.5 Å². The van der Waals surface area contributed by atoms with Gasteiger partial charge in [0.1, 0.15) is 5.82 Å². The fourth-order valence-electron chi connectivity index (χ4n) is 0.911. The molecule has 1 saturated carbocycles. The van der Waals surface area contributed by atoms with Gasteiger partial charge in [-0.15, -0.1) is 0 Å². The first kappa shape index (κ1) is 8.11. The van der Waals surface area contributed by atoms with Crippen molar-refractivity contribution in [3.05, 3.63) is 11.4 Å². The van der Waals surface area contributed by atoms with Gasteiger partial charge in [-0.3, -0.25) is 0 Å². The van der Waals surface area contributed by atoms with E-state index in [1.165, 1.54) is 19.1 Å². The summed E-state index contributed by atoms with van der Waals surface area (Å²) in [5.41, 5.74) is 6.60. The molecule has 62 valence electrons. The Morgan fingerprint density at radius 3 is 2.73 bits per heavy atom. The first-order valence-electron chi connectivity index (χ1n) is 4.03. The van der Waals surface area contributed by atoms with E-state index in [0.29, 0.717) is 11.9 Å². The van der Waals surface area contributed by atoms with Gasteiger partial charge in [0, 0.05) is 17.8 Å². The van der Waals surface area contributed by atoms with Gasteiger partial charge in [-0.25, -0.2) is 0 Å². The first-order valence-corrected chi connectivity index (χ1v) is 4.03. The minimum absolute atomic E-state index is 0.580. The lowest BCUT2D eigenvalue weighted by Crippen LogP contribution is -2.24. The molecule has 0 saturated heterocycles. The molecule has 4 N–H and O–H groups in total. The Morgan fingerprint density at radius 1 is 1.73 bits per heavy atom. The zero-order valence-corrected chi connectivity index (χ0v) is 6.85. The van der Waals surface area contributed by atoms with Crippen molar-refractivity contribution >= 4 is 6.21 Å². The van der Waals surface area contributed by atoms with Gasteiger partial charge in [0.05, 0.1) is 0 Å². The zero-order chi connectivity index (χ0) is 8.27. The second kappa shape index (κ2) is 3.42. The fraction of sp³-hybridized carbons (Fsp3) is 0.625. The summed E-state index contributed by atoms with van der Waals surface area (Å²) in [5, 5.41) is 10.2. The molecule has 0 aromatic heterocycles. The van der Waals surface area contributed by atoms with Crippen LogP contribution < -0.4 is 11.1 Å². The molecule has 0 aromatic carbocycles. The van der Waals surface area contributed by atoms with E-state index in [1.54, 1.807) is 0 Å². The third-order valence-corrected chi connectivity index (χ3v) is 1.84. The van der Waals surface area contributed by atoms with Crippen molar-refractivity contribution in [2.45, 2.75) is 32.2 Å². The van der Waals surface area contributed by atoms with E-state index in [4.69, 9.17) is 11.1 Å². The van der Waals surface area contributed by atoms with Crippen molar-refractivity contribution in [1.29, 1.82) is 5.41 Å². The van der Waals surface area contributed by atoms with Gasteiger partial charge in [0.2, 0.25) is 0 Å². The minimum Gasteiger partial charge on any atom is -0.385 e. The summed E-state index contributed by atoms with van der Waals surface area (Å²) in [6, 6.07) is 0.580. The molecule has 1 fully saturated rings. The van der Waals surface area contributed by atoms with E-state index < -0.39 is 0 Å². The maximum atomic E-state index is 7.05. The monoisotopic (exact) mass is 153 g/mol. The predicted molar refractivity (Wildman–Crippen MR) is 46.4 cm³/mol.